The van der Waals surface area contributed by atoms with Crippen molar-refractivity contribution in [1.29, 1.82) is 0 Å². The van der Waals surface area contributed by atoms with E-state index in [0.717, 1.165) is 42.5 Å². The summed E-state index contributed by atoms with van der Waals surface area (Å²) in [5, 5.41) is 5.49. The number of halogens is 2. The quantitative estimate of drug-likeness (QED) is 0.396. The van der Waals surface area contributed by atoms with Gasteiger partial charge in [0.15, 0.2) is 5.96 Å². The number of piperazine rings is 1. The van der Waals surface area contributed by atoms with E-state index in [0.29, 0.717) is 0 Å². The van der Waals surface area contributed by atoms with Crippen molar-refractivity contribution in [3.63, 3.8) is 0 Å². The van der Waals surface area contributed by atoms with Crippen molar-refractivity contribution in [2.24, 2.45) is 4.99 Å². The lowest BCUT2D eigenvalue weighted by Gasteiger charge is -2.36. The van der Waals surface area contributed by atoms with Crippen molar-refractivity contribution in [3.05, 3.63) is 20.8 Å². The molecule has 2 rings (SSSR count). The van der Waals surface area contributed by atoms with Gasteiger partial charge in [0.05, 0.1) is 3.79 Å². The summed E-state index contributed by atoms with van der Waals surface area (Å²) in [6.45, 7) is 5.57. The number of nitrogens with zero attached hydrogens (tertiary/aromatic N) is 3. The molecule has 1 saturated heterocycles. The molecule has 0 unspecified atom stereocenters. The highest BCUT2D eigenvalue weighted by Crippen LogP contribution is 2.20. The Morgan fingerprint density at radius 3 is 2.48 bits per heavy atom. The summed E-state index contributed by atoms with van der Waals surface area (Å²) in [7, 11) is 1.79. The molecule has 1 aromatic rings. The Morgan fingerprint density at radius 1 is 1.38 bits per heavy atom. The SMILES string of the molecule is CN=C(NCc1csc(Br)c1)N1CCN(C(C)=O)CC1.I. The molecule has 8 heteroatoms. The van der Waals surface area contributed by atoms with Crippen LogP contribution in [0, 0.1) is 0 Å². The maximum atomic E-state index is 11.3. The lowest BCUT2D eigenvalue weighted by molar-refractivity contribution is -0.130. The second-order valence-electron chi connectivity index (χ2n) is 4.65. The van der Waals surface area contributed by atoms with E-state index in [9.17, 15) is 4.79 Å². The third-order valence-electron chi connectivity index (χ3n) is 3.31. The van der Waals surface area contributed by atoms with Crippen molar-refractivity contribution in [1.82, 2.24) is 15.1 Å². The Bertz CT molecular complexity index is 500. The first-order valence-electron chi connectivity index (χ1n) is 6.54. The molecule has 21 heavy (non-hydrogen) atoms. The van der Waals surface area contributed by atoms with Gasteiger partial charge >= 0.3 is 0 Å². The molecule has 1 amide bonds. The van der Waals surface area contributed by atoms with Crippen molar-refractivity contribution in [2.75, 3.05) is 33.2 Å². The minimum atomic E-state index is 0. The third kappa shape index (κ3) is 5.41. The predicted octanol–water partition coefficient (Wildman–Crippen LogP) is 2.37. The first-order valence-corrected chi connectivity index (χ1v) is 8.21. The lowest BCUT2D eigenvalue weighted by atomic mass is 10.3. The van der Waals surface area contributed by atoms with Gasteiger partial charge < -0.3 is 15.1 Å². The highest BCUT2D eigenvalue weighted by molar-refractivity contribution is 14.0. The standard InChI is InChI=1S/C13H19BrN4OS.HI/c1-10(19)17-3-5-18(6-4-17)13(15-2)16-8-11-7-12(14)20-9-11;/h7,9H,3-6,8H2,1-2H3,(H,15,16);1H. The summed E-state index contributed by atoms with van der Waals surface area (Å²) < 4.78 is 1.14. The summed E-state index contributed by atoms with van der Waals surface area (Å²) in [6, 6.07) is 2.11. The molecule has 0 bridgehead atoms. The molecule has 1 aliphatic rings. The van der Waals surface area contributed by atoms with Gasteiger partial charge in [-0.3, -0.25) is 9.79 Å². The van der Waals surface area contributed by atoms with Crippen LogP contribution >= 0.6 is 51.2 Å². The van der Waals surface area contributed by atoms with Gasteiger partial charge in [-0.25, -0.2) is 0 Å². The van der Waals surface area contributed by atoms with E-state index >= 15 is 0 Å². The molecule has 1 aromatic heterocycles. The van der Waals surface area contributed by atoms with E-state index in [1.54, 1.807) is 25.3 Å². The fourth-order valence-electron chi connectivity index (χ4n) is 2.19. The molecular formula is C13H20BrIN4OS. The first-order chi connectivity index (χ1) is 9.60. The highest BCUT2D eigenvalue weighted by atomic mass is 127. The van der Waals surface area contributed by atoms with Crippen molar-refractivity contribution >= 4 is 63.1 Å². The zero-order chi connectivity index (χ0) is 14.5. The van der Waals surface area contributed by atoms with E-state index in [-0.39, 0.29) is 29.9 Å². The van der Waals surface area contributed by atoms with Crippen LogP contribution in [0.2, 0.25) is 0 Å². The van der Waals surface area contributed by atoms with Gasteiger partial charge in [-0.1, -0.05) is 0 Å². The van der Waals surface area contributed by atoms with Gasteiger partial charge in [0, 0.05) is 46.7 Å². The fourth-order valence-corrected chi connectivity index (χ4v) is 3.39. The number of aliphatic imine (C=N–C) groups is 1. The Kier molecular flexibility index (Phi) is 7.96. The van der Waals surface area contributed by atoms with E-state index in [4.69, 9.17) is 0 Å². The molecule has 0 radical (unpaired) electrons. The first kappa shape index (κ1) is 18.7. The molecule has 0 aliphatic carbocycles. The summed E-state index contributed by atoms with van der Waals surface area (Å²) in [4.78, 5) is 19.7. The third-order valence-corrected chi connectivity index (χ3v) is 4.86. The molecule has 5 nitrogen and oxygen atoms in total. The molecule has 1 N–H and O–H groups in total. The molecule has 2 heterocycles. The van der Waals surface area contributed by atoms with E-state index in [1.807, 2.05) is 4.90 Å². The number of nitrogens with one attached hydrogen (secondary N) is 1. The maximum Gasteiger partial charge on any atom is 0.219 e. The highest BCUT2D eigenvalue weighted by Gasteiger charge is 2.20. The maximum absolute atomic E-state index is 11.3. The number of carbonyl (C=O) groups is 1. The smallest absolute Gasteiger partial charge is 0.219 e. The average Bonchev–Trinajstić information content (AvgIpc) is 2.86. The number of rotatable bonds is 2. The minimum absolute atomic E-state index is 0. The second kappa shape index (κ2) is 8.94. The Labute approximate surface area is 154 Å². The summed E-state index contributed by atoms with van der Waals surface area (Å²) >= 11 is 5.15. The molecule has 1 fully saturated rings. The zero-order valence-electron chi connectivity index (χ0n) is 12.1. The molecule has 1 aliphatic heterocycles. The van der Waals surface area contributed by atoms with Crippen molar-refractivity contribution in [2.45, 2.75) is 13.5 Å². The van der Waals surface area contributed by atoms with Gasteiger partial charge in [-0.05, 0) is 32.9 Å². The summed E-state index contributed by atoms with van der Waals surface area (Å²) in [6.07, 6.45) is 0. The summed E-state index contributed by atoms with van der Waals surface area (Å²) in [5.74, 6) is 1.05. The van der Waals surface area contributed by atoms with Gasteiger partial charge in [0.2, 0.25) is 5.91 Å². The van der Waals surface area contributed by atoms with Gasteiger partial charge in [-0.2, -0.15) is 0 Å². The van der Waals surface area contributed by atoms with Crippen molar-refractivity contribution < 1.29 is 4.79 Å². The Hall–Kier alpha value is -0.350. The number of hydrogen-bond donors (Lipinski definition) is 1. The van der Waals surface area contributed by atoms with E-state index in [2.05, 4.69) is 42.6 Å². The van der Waals surface area contributed by atoms with Crippen LogP contribution in [0.3, 0.4) is 0 Å². The topological polar surface area (TPSA) is 47.9 Å². The van der Waals surface area contributed by atoms with E-state index in [1.165, 1.54) is 5.56 Å². The van der Waals surface area contributed by atoms with Crippen LogP contribution in [-0.4, -0.2) is 54.9 Å². The number of guanidine groups is 1. The van der Waals surface area contributed by atoms with Gasteiger partial charge in [0.1, 0.15) is 0 Å². The van der Waals surface area contributed by atoms with Crippen LogP contribution in [0.1, 0.15) is 12.5 Å². The zero-order valence-corrected chi connectivity index (χ0v) is 16.9. The number of hydrogen-bond acceptors (Lipinski definition) is 3. The minimum Gasteiger partial charge on any atom is -0.352 e. The molecule has 0 aromatic carbocycles. The van der Waals surface area contributed by atoms with Crippen LogP contribution < -0.4 is 5.32 Å². The van der Waals surface area contributed by atoms with Gasteiger partial charge in [-0.15, -0.1) is 35.3 Å². The average molecular weight is 487 g/mol. The fraction of sp³-hybridized carbons (Fsp3) is 0.538. The number of amides is 1. The van der Waals surface area contributed by atoms with Gasteiger partial charge in [0.25, 0.3) is 0 Å². The number of thiophene rings is 1. The van der Waals surface area contributed by atoms with Crippen LogP contribution in [0.15, 0.2) is 20.2 Å². The lowest BCUT2D eigenvalue weighted by Crippen LogP contribution is -2.53. The van der Waals surface area contributed by atoms with Crippen molar-refractivity contribution in [3.8, 4) is 0 Å². The van der Waals surface area contributed by atoms with E-state index < -0.39 is 0 Å². The monoisotopic (exact) mass is 486 g/mol. The molecule has 0 atom stereocenters. The van der Waals surface area contributed by atoms with Crippen LogP contribution in [-0.2, 0) is 11.3 Å². The Morgan fingerprint density at radius 2 is 2.00 bits per heavy atom. The number of carbonyl (C=O) groups excluding carboxylic acids is 1. The summed E-state index contributed by atoms with van der Waals surface area (Å²) in [5.41, 5.74) is 1.24. The molecule has 118 valence electrons. The van der Waals surface area contributed by atoms with Crippen LogP contribution in [0.4, 0.5) is 0 Å². The predicted molar refractivity (Wildman–Crippen MR) is 101 cm³/mol. The normalized spacial score (nSPS) is 15.7. The largest absolute Gasteiger partial charge is 0.352 e. The Balaban J connectivity index is 0.00000220. The van der Waals surface area contributed by atoms with Crippen LogP contribution in [0.5, 0.6) is 0 Å². The second-order valence-corrected chi connectivity index (χ2v) is 6.94. The molecule has 0 saturated carbocycles. The van der Waals surface area contributed by atoms with Crippen LogP contribution in [0.25, 0.3) is 0 Å². The molecule has 0 spiro atoms. The molecular weight excluding hydrogens is 467 g/mol.